The van der Waals surface area contributed by atoms with E-state index in [2.05, 4.69) is 55.6 Å². The second kappa shape index (κ2) is 7.09. The first kappa shape index (κ1) is 14.6. The van der Waals surface area contributed by atoms with Crippen LogP contribution in [0.25, 0.3) is 0 Å². The smallest absolute Gasteiger partial charge is 0.0202 e. The molecule has 1 saturated carbocycles. The fourth-order valence-corrected chi connectivity index (χ4v) is 3.33. The molecule has 0 nitrogen and oxygen atoms in total. The molecular weight excluding hydrogens is 240 g/mol. The Balaban J connectivity index is 2.50. The number of rotatable bonds is 5. The fourth-order valence-electron chi connectivity index (χ4n) is 3.33. The van der Waals surface area contributed by atoms with Crippen LogP contribution in [-0.2, 0) is 5.41 Å². The monoisotopic (exact) mass is 264 g/mol. The van der Waals surface area contributed by atoms with Crippen LogP contribution < -0.4 is 0 Å². The number of benzene rings is 1. The molecule has 0 heterocycles. The number of hydrogen-bond acceptors (Lipinski definition) is 0. The Morgan fingerprint density at radius 3 is 2.25 bits per heavy atom. The minimum absolute atomic E-state index is 0.146. The summed E-state index contributed by atoms with van der Waals surface area (Å²) in [6, 6.07) is 10.9. The highest BCUT2D eigenvalue weighted by Crippen LogP contribution is 2.45. The maximum absolute atomic E-state index is 3.89. The molecule has 0 saturated heterocycles. The molecule has 0 N–H and O–H groups in total. The Hall–Kier alpha value is -1.82. The molecular formula is C20H24. The molecule has 0 radical (unpaired) electrons. The zero-order valence-electron chi connectivity index (χ0n) is 12.2. The predicted molar refractivity (Wildman–Crippen MR) is 88.8 cm³/mol. The molecule has 1 aliphatic carbocycles. The highest BCUT2D eigenvalue weighted by molar-refractivity contribution is 5.44. The van der Waals surface area contributed by atoms with Crippen LogP contribution in [0, 0.1) is 0 Å². The van der Waals surface area contributed by atoms with E-state index < -0.39 is 0 Å². The summed E-state index contributed by atoms with van der Waals surface area (Å²) in [6.45, 7) is 7.69. The molecule has 1 aromatic rings. The van der Waals surface area contributed by atoms with Crippen molar-refractivity contribution in [3.8, 4) is 0 Å². The van der Waals surface area contributed by atoms with Gasteiger partial charge in [-0.15, -0.1) is 0 Å². The normalized spacial score (nSPS) is 18.9. The van der Waals surface area contributed by atoms with Crippen LogP contribution in [0.1, 0.15) is 37.7 Å². The van der Waals surface area contributed by atoms with Crippen molar-refractivity contribution >= 4 is 0 Å². The summed E-state index contributed by atoms with van der Waals surface area (Å²) < 4.78 is 0. The van der Waals surface area contributed by atoms with E-state index in [9.17, 15) is 0 Å². The fraction of sp³-hybridized carbons (Fsp3) is 0.300. The summed E-state index contributed by atoms with van der Waals surface area (Å²) in [5.41, 5.74) is 2.94. The highest BCUT2D eigenvalue weighted by atomic mass is 14.4. The molecule has 1 aliphatic rings. The minimum Gasteiger partial charge on any atom is -0.0991 e. The van der Waals surface area contributed by atoms with Gasteiger partial charge < -0.3 is 0 Å². The second-order valence-corrected chi connectivity index (χ2v) is 5.46. The molecule has 1 aromatic carbocycles. The Kier molecular flexibility index (Phi) is 5.17. The summed E-state index contributed by atoms with van der Waals surface area (Å²) >= 11 is 0. The van der Waals surface area contributed by atoms with Gasteiger partial charge in [0.1, 0.15) is 0 Å². The van der Waals surface area contributed by atoms with Gasteiger partial charge in [-0.05, 0) is 24.0 Å². The molecule has 20 heavy (non-hydrogen) atoms. The van der Waals surface area contributed by atoms with Crippen molar-refractivity contribution in [1.29, 1.82) is 0 Å². The third-order valence-corrected chi connectivity index (χ3v) is 4.30. The van der Waals surface area contributed by atoms with E-state index in [0.717, 1.165) is 0 Å². The number of hydrogen-bond donors (Lipinski definition) is 0. The third-order valence-electron chi connectivity index (χ3n) is 4.30. The van der Waals surface area contributed by atoms with Gasteiger partial charge in [-0.1, -0.05) is 93.1 Å². The van der Waals surface area contributed by atoms with Crippen molar-refractivity contribution < 1.29 is 0 Å². The Labute approximate surface area is 123 Å². The molecule has 1 fully saturated rings. The van der Waals surface area contributed by atoms with E-state index in [-0.39, 0.29) is 5.41 Å². The minimum atomic E-state index is 0.146. The average Bonchev–Trinajstić information content (AvgIpc) is 2.53. The lowest BCUT2D eigenvalue weighted by Gasteiger charge is -2.39. The van der Waals surface area contributed by atoms with Gasteiger partial charge in [-0.25, -0.2) is 0 Å². The molecule has 0 bridgehead atoms. The summed E-state index contributed by atoms with van der Waals surface area (Å²) in [5, 5.41) is 0. The van der Waals surface area contributed by atoms with Crippen molar-refractivity contribution in [2.45, 2.75) is 37.5 Å². The summed E-state index contributed by atoms with van der Waals surface area (Å²) in [4.78, 5) is 0. The van der Waals surface area contributed by atoms with Crippen LogP contribution in [0.3, 0.4) is 0 Å². The summed E-state index contributed by atoms with van der Waals surface area (Å²) in [7, 11) is 0. The lowest BCUT2D eigenvalue weighted by Crippen LogP contribution is -2.30. The van der Waals surface area contributed by atoms with Crippen LogP contribution in [-0.4, -0.2) is 0 Å². The molecule has 0 spiro atoms. The molecule has 0 unspecified atom stereocenters. The van der Waals surface area contributed by atoms with Gasteiger partial charge in [-0.2, -0.15) is 0 Å². The first-order valence-electron chi connectivity index (χ1n) is 7.51. The Bertz CT molecular complexity index is 496. The van der Waals surface area contributed by atoms with E-state index in [4.69, 9.17) is 0 Å². The van der Waals surface area contributed by atoms with Gasteiger partial charge in [0, 0.05) is 5.41 Å². The van der Waals surface area contributed by atoms with Crippen LogP contribution >= 0.6 is 0 Å². The van der Waals surface area contributed by atoms with Crippen molar-refractivity contribution in [1.82, 2.24) is 0 Å². The molecule has 0 aromatic heterocycles. The average molecular weight is 264 g/mol. The molecule has 2 rings (SSSR count). The van der Waals surface area contributed by atoms with Crippen LogP contribution in [0.15, 0.2) is 79.4 Å². The Morgan fingerprint density at radius 2 is 1.65 bits per heavy atom. The van der Waals surface area contributed by atoms with Crippen molar-refractivity contribution in [3.63, 3.8) is 0 Å². The first-order valence-corrected chi connectivity index (χ1v) is 7.51. The van der Waals surface area contributed by atoms with Gasteiger partial charge in [0.05, 0.1) is 0 Å². The van der Waals surface area contributed by atoms with E-state index in [1.54, 1.807) is 0 Å². The molecule has 0 amide bonds. The van der Waals surface area contributed by atoms with Gasteiger partial charge in [0.2, 0.25) is 0 Å². The zero-order chi connectivity index (χ0) is 14.3. The van der Waals surface area contributed by atoms with Crippen LogP contribution in [0.2, 0.25) is 0 Å². The third kappa shape index (κ3) is 3.01. The van der Waals surface area contributed by atoms with E-state index in [0.29, 0.717) is 0 Å². The zero-order valence-corrected chi connectivity index (χ0v) is 12.2. The second-order valence-electron chi connectivity index (χ2n) is 5.46. The van der Waals surface area contributed by atoms with Gasteiger partial charge in [-0.3, -0.25) is 0 Å². The predicted octanol–water partition coefficient (Wildman–Crippen LogP) is 5.74. The maximum atomic E-state index is 3.89. The summed E-state index contributed by atoms with van der Waals surface area (Å²) in [5.74, 6) is 0. The first-order chi connectivity index (χ1) is 9.83. The quantitative estimate of drug-likeness (QED) is 0.595. The lowest BCUT2D eigenvalue weighted by atomic mass is 9.64. The van der Waals surface area contributed by atoms with Gasteiger partial charge in [0.25, 0.3) is 0 Å². The van der Waals surface area contributed by atoms with Crippen molar-refractivity contribution in [2.75, 3.05) is 0 Å². The van der Waals surface area contributed by atoms with Crippen LogP contribution in [0.4, 0.5) is 0 Å². The van der Waals surface area contributed by atoms with Crippen LogP contribution in [0.5, 0.6) is 0 Å². The maximum Gasteiger partial charge on any atom is 0.0202 e. The largest absolute Gasteiger partial charge is 0.0991 e. The molecule has 104 valence electrons. The standard InChI is InChI=1S/C20H24/c1-3-5-13-18(12-4-2)20(16-10-7-11-17-20)19-14-8-6-9-15-19/h3-6,8-9,12-15H,1-2,7,10-11,16-17H2/b13-5-,18-12+. The number of allylic oxidation sites excluding steroid dienone is 6. The van der Waals surface area contributed by atoms with E-state index >= 15 is 0 Å². The van der Waals surface area contributed by atoms with E-state index in [1.165, 1.54) is 43.2 Å². The topological polar surface area (TPSA) is 0 Å². The van der Waals surface area contributed by atoms with Crippen molar-refractivity contribution in [2.24, 2.45) is 0 Å². The Morgan fingerprint density at radius 1 is 0.950 bits per heavy atom. The summed E-state index contributed by atoms with van der Waals surface area (Å²) in [6.07, 6.45) is 16.5. The van der Waals surface area contributed by atoms with Gasteiger partial charge >= 0.3 is 0 Å². The molecule has 0 atom stereocenters. The molecule has 0 heteroatoms. The SMILES string of the molecule is C=C/C=C\C(=C/C=C)C1(c2ccccc2)CCCCC1. The van der Waals surface area contributed by atoms with E-state index in [1.807, 2.05) is 18.2 Å². The van der Waals surface area contributed by atoms with Gasteiger partial charge in [0.15, 0.2) is 0 Å². The molecule has 0 aliphatic heterocycles. The van der Waals surface area contributed by atoms with Crippen molar-refractivity contribution in [3.05, 3.63) is 85.0 Å². The lowest BCUT2D eigenvalue weighted by molar-refractivity contribution is 0.345. The highest BCUT2D eigenvalue weighted by Gasteiger charge is 2.35.